The molecule has 2 aromatic rings. The van der Waals surface area contributed by atoms with Crippen LogP contribution in [-0.2, 0) is 4.79 Å². The number of nitrogens with zero attached hydrogens (tertiary/aromatic N) is 1. The second-order valence-corrected chi connectivity index (χ2v) is 5.49. The topological polar surface area (TPSA) is 49.4 Å². The lowest BCUT2D eigenvalue weighted by Gasteiger charge is -2.22. The summed E-state index contributed by atoms with van der Waals surface area (Å²) in [4.78, 5) is 24.7. The predicted octanol–water partition coefficient (Wildman–Crippen LogP) is 3.20. The highest BCUT2D eigenvalue weighted by Gasteiger charge is 2.21. The van der Waals surface area contributed by atoms with Gasteiger partial charge in [0.05, 0.1) is 5.69 Å². The number of anilines is 1. The van der Waals surface area contributed by atoms with Crippen molar-refractivity contribution in [3.8, 4) is 0 Å². The van der Waals surface area contributed by atoms with Gasteiger partial charge in [0.2, 0.25) is 5.91 Å². The van der Waals surface area contributed by atoms with Crippen molar-refractivity contribution in [3.05, 3.63) is 65.0 Å². The Hall–Kier alpha value is -2.83. The minimum absolute atomic E-state index is 0.0186. The average Bonchev–Trinajstić information content (AvgIpc) is 2.58. The van der Waals surface area contributed by atoms with E-state index >= 15 is 0 Å². The zero-order chi connectivity index (χ0) is 18.6. The monoisotopic (exact) mass is 350 g/mol. The summed E-state index contributed by atoms with van der Waals surface area (Å²) in [6.45, 7) is 2.99. The van der Waals surface area contributed by atoms with Gasteiger partial charge in [-0.15, -0.1) is 0 Å². The lowest BCUT2D eigenvalue weighted by Crippen LogP contribution is -2.38. The highest BCUT2D eigenvalue weighted by molar-refractivity contribution is 5.94. The summed E-state index contributed by atoms with van der Waals surface area (Å²) in [5.74, 6) is -5.34. The van der Waals surface area contributed by atoms with Crippen molar-refractivity contribution in [1.29, 1.82) is 0 Å². The first-order valence-corrected chi connectivity index (χ1v) is 7.57. The fourth-order valence-electron chi connectivity index (χ4n) is 2.26. The van der Waals surface area contributed by atoms with E-state index in [1.54, 1.807) is 24.3 Å². The van der Waals surface area contributed by atoms with Crippen LogP contribution < -0.4 is 10.2 Å². The van der Waals surface area contributed by atoms with Gasteiger partial charge in [-0.2, -0.15) is 0 Å². The zero-order valence-electron chi connectivity index (χ0n) is 13.8. The van der Waals surface area contributed by atoms with Crippen LogP contribution in [0.25, 0.3) is 0 Å². The summed E-state index contributed by atoms with van der Waals surface area (Å²) in [5, 5.41) is 2.60. The second kappa shape index (κ2) is 7.83. The van der Waals surface area contributed by atoms with Gasteiger partial charge >= 0.3 is 0 Å². The van der Waals surface area contributed by atoms with E-state index in [-0.39, 0.29) is 24.7 Å². The third-order valence-corrected chi connectivity index (χ3v) is 3.62. The van der Waals surface area contributed by atoms with Crippen molar-refractivity contribution in [2.45, 2.75) is 13.8 Å². The summed E-state index contributed by atoms with van der Waals surface area (Å²) in [6, 6.07) is 8.61. The Labute approximate surface area is 143 Å². The molecule has 1 N–H and O–H groups in total. The molecule has 0 atom stereocenters. The molecule has 2 amide bonds. The van der Waals surface area contributed by atoms with Crippen molar-refractivity contribution in [1.82, 2.24) is 5.32 Å². The molecule has 0 bridgehead atoms. The van der Waals surface area contributed by atoms with Crippen LogP contribution in [0.4, 0.5) is 18.9 Å². The Morgan fingerprint density at radius 3 is 2.24 bits per heavy atom. The van der Waals surface area contributed by atoms with Crippen LogP contribution in [0.2, 0.25) is 0 Å². The summed E-state index contributed by atoms with van der Waals surface area (Å²) < 4.78 is 40.2. The number of halogens is 3. The molecule has 132 valence electrons. The SMILES string of the molecule is CC(=O)N(CCNC(=O)c1ccc(C)cc1)c1ccc(F)c(F)c1F. The largest absolute Gasteiger partial charge is 0.350 e. The lowest BCUT2D eigenvalue weighted by molar-refractivity contribution is -0.116. The number of hydrogen-bond donors (Lipinski definition) is 1. The molecule has 0 saturated carbocycles. The molecule has 0 saturated heterocycles. The van der Waals surface area contributed by atoms with Gasteiger partial charge in [0.25, 0.3) is 5.91 Å². The van der Waals surface area contributed by atoms with E-state index in [2.05, 4.69) is 5.32 Å². The van der Waals surface area contributed by atoms with E-state index in [9.17, 15) is 22.8 Å². The molecule has 0 aromatic heterocycles. The molecule has 0 radical (unpaired) electrons. The van der Waals surface area contributed by atoms with Crippen LogP contribution in [0.15, 0.2) is 36.4 Å². The molecule has 2 aromatic carbocycles. The molecular weight excluding hydrogens is 333 g/mol. The minimum atomic E-state index is -1.65. The number of hydrogen-bond acceptors (Lipinski definition) is 2. The summed E-state index contributed by atoms with van der Waals surface area (Å²) in [7, 11) is 0. The Balaban J connectivity index is 2.06. The van der Waals surface area contributed by atoms with E-state index in [1.165, 1.54) is 6.92 Å². The van der Waals surface area contributed by atoms with E-state index < -0.39 is 23.4 Å². The van der Waals surface area contributed by atoms with Crippen LogP contribution in [0.3, 0.4) is 0 Å². The Bertz CT molecular complexity index is 792. The average molecular weight is 350 g/mol. The Morgan fingerprint density at radius 1 is 1.00 bits per heavy atom. The van der Waals surface area contributed by atoms with Gasteiger partial charge in [0.15, 0.2) is 17.5 Å². The maximum atomic E-state index is 13.9. The van der Waals surface area contributed by atoms with E-state index in [4.69, 9.17) is 0 Å². The molecule has 0 unspecified atom stereocenters. The van der Waals surface area contributed by atoms with E-state index in [0.29, 0.717) is 5.56 Å². The first kappa shape index (κ1) is 18.5. The van der Waals surface area contributed by atoms with Crippen LogP contribution >= 0.6 is 0 Å². The summed E-state index contributed by atoms with van der Waals surface area (Å²) in [5.41, 5.74) is 1.07. The van der Waals surface area contributed by atoms with Gasteiger partial charge in [-0.1, -0.05) is 17.7 Å². The van der Waals surface area contributed by atoms with Crippen molar-refractivity contribution < 1.29 is 22.8 Å². The molecule has 0 aliphatic carbocycles. The first-order valence-electron chi connectivity index (χ1n) is 7.57. The predicted molar refractivity (Wildman–Crippen MR) is 87.9 cm³/mol. The van der Waals surface area contributed by atoms with Crippen LogP contribution in [0.1, 0.15) is 22.8 Å². The van der Waals surface area contributed by atoms with Gasteiger partial charge in [-0.05, 0) is 31.2 Å². The van der Waals surface area contributed by atoms with Crippen LogP contribution in [0.5, 0.6) is 0 Å². The van der Waals surface area contributed by atoms with Crippen molar-refractivity contribution in [3.63, 3.8) is 0 Å². The van der Waals surface area contributed by atoms with Gasteiger partial charge in [0, 0.05) is 25.6 Å². The number of amides is 2. The normalized spacial score (nSPS) is 10.4. The Morgan fingerprint density at radius 2 is 1.64 bits per heavy atom. The van der Waals surface area contributed by atoms with Crippen molar-refractivity contribution >= 4 is 17.5 Å². The Kier molecular flexibility index (Phi) is 5.80. The molecule has 0 spiro atoms. The molecule has 4 nitrogen and oxygen atoms in total. The molecule has 0 aliphatic rings. The number of benzene rings is 2. The van der Waals surface area contributed by atoms with Gasteiger partial charge in [0.1, 0.15) is 0 Å². The van der Waals surface area contributed by atoms with E-state index in [1.807, 2.05) is 6.92 Å². The maximum absolute atomic E-state index is 13.9. The van der Waals surface area contributed by atoms with Crippen molar-refractivity contribution in [2.24, 2.45) is 0 Å². The van der Waals surface area contributed by atoms with Crippen LogP contribution in [-0.4, -0.2) is 24.9 Å². The highest BCUT2D eigenvalue weighted by atomic mass is 19.2. The second-order valence-electron chi connectivity index (χ2n) is 5.49. The fourth-order valence-corrected chi connectivity index (χ4v) is 2.26. The number of nitrogens with one attached hydrogen (secondary N) is 1. The molecule has 0 heterocycles. The van der Waals surface area contributed by atoms with Gasteiger partial charge in [-0.25, -0.2) is 13.2 Å². The third-order valence-electron chi connectivity index (χ3n) is 3.62. The number of carbonyl (C=O) groups excluding carboxylic acids is 2. The molecule has 0 fully saturated rings. The maximum Gasteiger partial charge on any atom is 0.251 e. The molecule has 2 rings (SSSR count). The smallest absolute Gasteiger partial charge is 0.251 e. The number of carbonyl (C=O) groups is 2. The summed E-state index contributed by atoms with van der Waals surface area (Å²) in [6.07, 6.45) is 0. The van der Waals surface area contributed by atoms with Gasteiger partial charge < -0.3 is 10.2 Å². The van der Waals surface area contributed by atoms with Crippen molar-refractivity contribution in [2.75, 3.05) is 18.0 Å². The van der Waals surface area contributed by atoms with Crippen LogP contribution in [0, 0.1) is 24.4 Å². The lowest BCUT2D eigenvalue weighted by atomic mass is 10.1. The number of rotatable bonds is 5. The van der Waals surface area contributed by atoms with Gasteiger partial charge in [-0.3, -0.25) is 9.59 Å². The third kappa shape index (κ3) is 4.37. The zero-order valence-corrected chi connectivity index (χ0v) is 13.8. The minimum Gasteiger partial charge on any atom is -0.350 e. The summed E-state index contributed by atoms with van der Waals surface area (Å²) >= 11 is 0. The molecule has 0 aliphatic heterocycles. The standard InChI is InChI=1S/C18H17F3N2O2/c1-11-3-5-13(6-4-11)18(25)22-9-10-23(12(2)24)15-8-7-14(19)16(20)17(15)21/h3-8H,9-10H2,1-2H3,(H,22,25). The molecular formula is C18H17F3N2O2. The fraction of sp³-hybridized carbons (Fsp3) is 0.222. The molecule has 7 heteroatoms. The highest BCUT2D eigenvalue weighted by Crippen LogP contribution is 2.23. The quantitative estimate of drug-likeness (QED) is 0.842. The first-order chi connectivity index (χ1) is 11.8. The number of aryl methyl sites for hydroxylation is 1. The molecule has 25 heavy (non-hydrogen) atoms. The van der Waals surface area contributed by atoms with E-state index in [0.717, 1.165) is 22.6 Å².